The predicted octanol–water partition coefficient (Wildman–Crippen LogP) is 4.46. The van der Waals surface area contributed by atoms with E-state index in [1.807, 2.05) is 79.7 Å². The third-order valence-electron chi connectivity index (χ3n) is 6.74. The standard InChI is InChI=1S/C28H33BrN4O3/c1-31(19-21-7-4-3-5-8-21)28(35)17-22-20-33(27(34)12-11-24-13-15-30-32(24)2)16-14-26(22)36-25-10-6-9-23(29)18-25/h3-10,13,15,18,22,26H,11-12,14,16-17,19-20H2,1-2H3/t22-,26-/m0/s1. The molecule has 0 aliphatic carbocycles. The number of likely N-dealkylation sites (tertiary alicyclic amines) is 1. The maximum Gasteiger partial charge on any atom is 0.223 e. The van der Waals surface area contributed by atoms with Crippen molar-refractivity contribution in [2.45, 2.75) is 38.3 Å². The monoisotopic (exact) mass is 552 g/mol. The van der Waals surface area contributed by atoms with Gasteiger partial charge in [-0.3, -0.25) is 14.3 Å². The molecule has 0 saturated carbocycles. The molecule has 190 valence electrons. The van der Waals surface area contributed by atoms with E-state index in [1.54, 1.807) is 15.8 Å². The summed E-state index contributed by atoms with van der Waals surface area (Å²) in [7, 11) is 3.72. The van der Waals surface area contributed by atoms with Gasteiger partial charge in [0.25, 0.3) is 0 Å². The van der Waals surface area contributed by atoms with Crippen molar-refractivity contribution in [1.82, 2.24) is 19.6 Å². The van der Waals surface area contributed by atoms with E-state index in [9.17, 15) is 9.59 Å². The van der Waals surface area contributed by atoms with Crippen molar-refractivity contribution in [3.8, 4) is 5.75 Å². The predicted molar refractivity (Wildman–Crippen MR) is 142 cm³/mol. The lowest BCUT2D eigenvalue weighted by atomic mass is 9.90. The Balaban J connectivity index is 1.42. The lowest BCUT2D eigenvalue weighted by Crippen LogP contribution is -2.49. The molecular weight excluding hydrogens is 520 g/mol. The molecular formula is C28H33BrN4O3. The minimum absolute atomic E-state index is 0.0517. The molecule has 1 aliphatic heterocycles. The molecule has 4 rings (SSSR count). The van der Waals surface area contributed by atoms with Crippen LogP contribution in [0, 0.1) is 5.92 Å². The Morgan fingerprint density at radius 3 is 2.67 bits per heavy atom. The van der Waals surface area contributed by atoms with E-state index >= 15 is 0 Å². The minimum atomic E-state index is -0.144. The first-order valence-corrected chi connectivity index (χ1v) is 13.1. The largest absolute Gasteiger partial charge is 0.490 e. The molecule has 0 radical (unpaired) electrons. The van der Waals surface area contributed by atoms with Crippen molar-refractivity contribution in [3.05, 3.63) is 82.6 Å². The Labute approximate surface area is 221 Å². The number of benzene rings is 2. The first-order valence-electron chi connectivity index (χ1n) is 12.3. The van der Waals surface area contributed by atoms with Crippen molar-refractivity contribution in [3.63, 3.8) is 0 Å². The second kappa shape index (κ2) is 12.2. The molecule has 3 aromatic rings. The van der Waals surface area contributed by atoms with Crippen LogP contribution in [-0.4, -0.2) is 57.6 Å². The van der Waals surface area contributed by atoms with Gasteiger partial charge in [0.05, 0.1) is 0 Å². The van der Waals surface area contributed by atoms with Crippen molar-refractivity contribution < 1.29 is 14.3 Å². The van der Waals surface area contributed by atoms with Crippen LogP contribution >= 0.6 is 15.9 Å². The zero-order chi connectivity index (χ0) is 25.5. The molecule has 0 N–H and O–H groups in total. The van der Waals surface area contributed by atoms with E-state index in [1.165, 1.54) is 0 Å². The minimum Gasteiger partial charge on any atom is -0.490 e. The van der Waals surface area contributed by atoms with Crippen LogP contribution in [-0.2, 0) is 29.6 Å². The molecule has 8 heteroatoms. The van der Waals surface area contributed by atoms with Gasteiger partial charge in [-0.2, -0.15) is 5.10 Å². The number of piperidine rings is 1. The Morgan fingerprint density at radius 2 is 1.94 bits per heavy atom. The van der Waals surface area contributed by atoms with E-state index in [0.717, 1.165) is 21.5 Å². The van der Waals surface area contributed by atoms with Gasteiger partial charge < -0.3 is 14.5 Å². The number of carbonyl (C=O) groups is 2. The fourth-order valence-electron chi connectivity index (χ4n) is 4.67. The number of nitrogens with zero attached hydrogens (tertiary/aromatic N) is 4. The van der Waals surface area contributed by atoms with Gasteiger partial charge in [-0.25, -0.2) is 0 Å². The summed E-state index contributed by atoms with van der Waals surface area (Å²) in [5, 5.41) is 4.18. The van der Waals surface area contributed by atoms with Crippen molar-refractivity contribution in [2.75, 3.05) is 20.1 Å². The molecule has 0 bridgehead atoms. The maximum atomic E-state index is 13.2. The quantitative estimate of drug-likeness (QED) is 0.393. The highest BCUT2D eigenvalue weighted by molar-refractivity contribution is 9.10. The average molecular weight is 554 g/mol. The van der Waals surface area contributed by atoms with Gasteiger partial charge in [0, 0.05) is 75.3 Å². The molecule has 7 nitrogen and oxygen atoms in total. The fourth-order valence-corrected chi connectivity index (χ4v) is 5.05. The van der Waals surface area contributed by atoms with E-state index in [0.29, 0.717) is 45.3 Å². The van der Waals surface area contributed by atoms with Crippen LogP contribution in [0.4, 0.5) is 0 Å². The molecule has 0 spiro atoms. The van der Waals surface area contributed by atoms with E-state index in [2.05, 4.69) is 21.0 Å². The number of ether oxygens (including phenoxy) is 1. The van der Waals surface area contributed by atoms with Crippen LogP contribution in [0.2, 0.25) is 0 Å². The lowest BCUT2D eigenvalue weighted by Gasteiger charge is -2.39. The van der Waals surface area contributed by atoms with Crippen LogP contribution in [0.1, 0.15) is 30.5 Å². The zero-order valence-corrected chi connectivity index (χ0v) is 22.4. The van der Waals surface area contributed by atoms with Crippen LogP contribution in [0.5, 0.6) is 5.75 Å². The molecule has 2 heterocycles. The Bertz CT molecular complexity index is 1170. The number of aromatic nitrogens is 2. The second-order valence-corrected chi connectivity index (χ2v) is 10.3. The smallest absolute Gasteiger partial charge is 0.223 e. The molecule has 1 aromatic heterocycles. The molecule has 2 atom stereocenters. The van der Waals surface area contributed by atoms with Crippen LogP contribution in [0.15, 0.2) is 71.3 Å². The first-order chi connectivity index (χ1) is 17.4. The van der Waals surface area contributed by atoms with Gasteiger partial charge in [-0.05, 0) is 36.2 Å². The summed E-state index contributed by atoms with van der Waals surface area (Å²) in [5.74, 6) is 0.827. The number of carbonyl (C=O) groups excluding carboxylic acids is 2. The average Bonchev–Trinajstić information content (AvgIpc) is 3.28. The molecule has 36 heavy (non-hydrogen) atoms. The number of amides is 2. The third-order valence-corrected chi connectivity index (χ3v) is 7.24. The van der Waals surface area contributed by atoms with Gasteiger partial charge in [-0.15, -0.1) is 0 Å². The summed E-state index contributed by atoms with van der Waals surface area (Å²) in [5.41, 5.74) is 2.12. The topological polar surface area (TPSA) is 67.7 Å². The summed E-state index contributed by atoms with van der Waals surface area (Å²) >= 11 is 3.50. The van der Waals surface area contributed by atoms with Crippen molar-refractivity contribution >= 4 is 27.7 Å². The molecule has 2 aromatic carbocycles. The molecule has 1 saturated heterocycles. The number of rotatable bonds is 9. The van der Waals surface area contributed by atoms with E-state index in [-0.39, 0.29) is 23.8 Å². The summed E-state index contributed by atoms with van der Waals surface area (Å²) in [6, 6.07) is 19.7. The lowest BCUT2D eigenvalue weighted by molar-refractivity contribution is -0.138. The van der Waals surface area contributed by atoms with Crippen LogP contribution < -0.4 is 4.74 Å². The summed E-state index contributed by atoms with van der Waals surface area (Å²) in [6.45, 7) is 1.68. The van der Waals surface area contributed by atoms with E-state index in [4.69, 9.17) is 4.74 Å². The number of hydrogen-bond acceptors (Lipinski definition) is 4. The zero-order valence-electron chi connectivity index (χ0n) is 20.8. The van der Waals surface area contributed by atoms with Gasteiger partial charge in [0.2, 0.25) is 11.8 Å². The van der Waals surface area contributed by atoms with Crippen molar-refractivity contribution in [2.24, 2.45) is 13.0 Å². The molecule has 1 aliphatic rings. The third kappa shape index (κ3) is 6.97. The van der Waals surface area contributed by atoms with Crippen LogP contribution in [0.25, 0.3) is 0 Å². The van der Waals surface area contributed by atoms with Gasteiger partial charge in [-0.1, -0.05) is 52.3 Å². The number of aryl methyl sites for hydroxylation is 2. The Hall–Kier alpha value is -3.13. The van der Waals surface area contributed by atoms with Gasteiger partial charge in [0.1, 0.15) is 11.9 Å². The van der Waals surface area contributed by atoms with Gasteiger partial charge >= 0.3 is 0 Å². The first kappa shape index (κ1) is 25.9. The number of halogens is 1. The van der Waals surface area contributed by atoms with Crippen molar-refractivity contribution in [1.29, 1.82) is 0 Å². The Kier molecular flexibility index (Phi) is 8.80. The number of hydrogen-bond donors (Lipinski definition) is 0. The van der Waals surface area contributed by atoms with E-state index < -0.39 is 0 Å². The SMILES string of the molecule is CN(Cc1ccccc1)C(=O)C[C@H]1CN(C(=O)CCc2ccnn2C)CC[C@@H]1Oc1cccc(Br)c1. The molecule has 1 fully saturated rings. The van der Waals surface area contributed by atoms with Crippen LogP contribution in [0.3, 0.4) is 0 Å². The molecule has 0 unspecified atom stereocenters. The highest BCUT2D eigenvalue weighted by Gasteiger charge is 2.35. The maximum absolute atomic E-state index is 13.2. The molecule has 2 amide bonds. The normalized spacial score (nSPS) is 17.6. The highest BCUT2D eigenvalue weighted by atomic mass is 79.9. The highest BCUT2D eigenvalue weighted by Crippen LogP contribution is 2.28. The second-order valence-electron chi connectivity index (χ2n) is 9.39. The Morgan fingerprint density at radius 1 is 1.14 bits per heavy atom. The summed E-state index contributed by atoms with van der Waals surface area (Å²) in [4.78, 5) is 29.9. The fraction of sp³-hybridized carbons (Fsp3) is 0.393. The van der Waals surface area contributed by atoms with Gasteiger partial charge in [0.15, 0.2) is 0 Å². The summed E-state index contributed by atoms with van der Waals surface area (Å²) in [6.07, 6.45) is 3.68. The summed E-state index contributed by atoms with van der Waals surface area (Å²) < 4.78 is 9.10.